The average molecular weight is 319 g/mol. The van der Waals surface area contributed by atoms with Crippen LogP contribution in [0.5, 0.6) is 5.75 Å². The van der Waals surface area contributed by atoms with Gasteiger partial charge >= 0.3 is 5.97 Å². The van der Waals surface area contributed by atoms with Crippen LogP contribution in [0.3, 0.4) is 0 Å². The van der Waals surface area contributed by atoms with Crippen molar-refractivity contribution in [1.82, 2.24) is 4.90 Å². The minimum atomic E-state index is -0.857. The summed E-state index contributed by atoms with van der Waals surface area (Å²) in [5.41, 5.74) is 1.06. The monoisotopic (exact) mass is 319 g/mol. The normalized spacial score (nSPS) is 16.5. The van der Waals surface area contributed by atoms with Crippen molar-refractivity contribution < 1.29 is 19.4 Å². The number of benzene rings is 1. The van der Waals surface area contributed by atoms with E-state index in [1.54, 1.807) is 18.9 Å². The summed E-state index contributed by atoms with van der Waals surface area (Å²) in [6, 6.07) is 7.95. The van der Waals surface area contributed by atoms with Crippen LogP contribution < -0.4 is 4.74 Å². The Bertz CT molecular complexity index is 568. The van der Waals surface area contributed by atoms with E-state index in [9.17, 15) is 9.59 Å². The Kier molecular flexibility index (Phi) is 5.64. The number of ether oxygens (including phenoxy) is 1. The Hall–Kier alpha value is -2.04. The Morgan fingerprint density at radius 2 is 2.04 bits per heavy atom. The lowest BCUT2D eigenvalue weighted by atomic mass is 9.96. The number of hydrogen-bond acceptors (Lipinski definition) is 3. The summed E-state index contributed by atoms with van der Waals surface area (Å²) in [5.74, 6) is -0.508. The molecule has 1 fully saturated rings. The lowest BCUT2D eigenvalue weighted by Crippen LogP contribution is -2.39. The Balaban J connectivity index is 2.01. The number of hydrogen-bond donors (Lipinski definition) is 1. The van der Waals surface area contributed by atoms with Gasteiger partial charge in [0.1, 0.15) is 5.75 Å². The van der Waals surface area contributed by atoms with E-state index in [0.29, 0.717) is 13.0 Å². The molecule has 0 saturated heterocycles. The molecule has 126 valence electrons. The van der Waals surface area contributed by atoms with Crippen LogP contribution in [0.15, 0.2) is 24.3 Å². The van der Waals surface area contributed by atoms with Crippen LogP contribution in [0.1, 0.15) is 44.6 Å². The third kappa shape index (κ3) is 4.71. The van der Waals surface area contributed by atoms with Gasteiger partial charge in [0.2, 0.25) is 5.91 Å². The number of carboxylic acid groups (broad SMARTS) is 1. The maximum absolute atomic E-state index is 12.6. The number of methoxy groups -OCH3 is 1. The van der Waals surface area contributed by atoms with Crippen molar-refractivity contribution in [3.8, 4) is 5.75 Å². The van der Waals surface area contributed by atoms with Crippen LogP contribution >= 0.6 is 0 Å². The number of nitrogens with zero attached hydrogens (tertiary/aromatic N) is 1. The average Bonchev–Trinajstić information content (AvgIpc) is 3.36. The van der Waals surface area contributed by atoms with Crippen LogP contribution in [0.25, 0.3) is 0 Å². The smallest absolute Gasteiger partial charge is 0.308 e. The highest BCUT2D eigenvalue weighted by Gasteiger charge is 2.34. The molecular weight excluding hydrogens is 294 g/mol. The zero-order valence-electron chi connectivity index (χ0n) is 14.0. The summed E-state index contributed by atoms with van der Waals surface area (Å²) < 4.78 is 5.22. The summed E-state index contributed by atoms with van der Waals surface area (Å²) in [5, 5.41) is 9.08. The molecule has 0 heterocycles. The molecule has 5 heteroatoms. The number of carbonyl (C=O) groups is 2. The molecule has 0 aliphatic heterocycles. The van der Waals surface area contributed by atoms with Gasteiger partial charge in [0.25, 0.3) is 0 Å². The first-order valence-electron chi connectivity index (χ1n) is 8.08. The number of amides is 1. The molecule has 1 saturated carbocycles. The molecule has 1 aliphatic rings. The highest BCUT2D eigenvalue weighted by molar-refractivity contribution is 5.79. The molecule has 2 atom stereocenters. The first-order chi connectivity index (χ1) is 10.9. The predicted molar refractivity (Wildman–Crippen MR) is 87.6 cm³/mol. The summed E-state index contributed by atoms with van der Waals surface area (Å²) in [4.78, 5) is 25.4. The van der Waals surface area contributed by atoms with Crippen molar-refractivity contribution in [3.05, 3.63) is 29.8 Å². The molecule has 1 aliphatic carbocycles. The molecule has 1 aromatic rings. The van der Waals surface area contributed by atoms with Gasteiger partial charge in [-0.15, -0.1) is 0 Å². The summed E-state index contributed by atoms with van der Waals surface area (Å²) in [6.45, 7) is 3.96. The second-order valence-electron chi connectivity index (χ2n) is 6.40. The molecule has 2 unspecified atom stereocenters. The Labute approximate surface area is 137 Å². The molecule has 0 bridgehead atoms. The fourth-order valence-corrected chi connectivity index (χ4v) is 2.66. The fourth-order valence-electron chi connectivity index (χ4n) is 2.66. The molecule has 2 rings (SSSR count). The first-order valence-corrected chi connectivity index (χ1v) is 8.08. The number of carbonyl (C=O) groups excluding carboxylic acids is 1. The van der Waals surface area contributed by atoms with Gasteiger partial charge in [-0.05, 0) is 36.5 Å². The largest absolute Gasteiger partial charge is 0.497 e. The molecule has 1 aromatic carbocycles. The molecule has 0 spiro atoms. The maximum atomic E-state index is 12.6. The summed E-state index contributed by atoms with van der Waals surface area (Å²) in [6.07, 6.45) is 2.34. The van der Waals surface area contributed by atoms with Gasteiger partial charge in [-0.2, -0.15) is 0 Å². The molecular formula is C18H25NO4. The van der Waals surface area contributed by atoms with E-state index in [-0.39, 0.29) is 17.9 Å². The van der Waals surface area contributed by atoms with Gasteiger partial charge in [-0.25, -0.2) is 0 Å². The van der Waals surface area contributed by atoms with Gasteiger partial charge in [-0.3, -0.25) is 9.59 Å². The van der Waals surface area contributed by atoms with Crippen LogP contribution in [-0.2, 0) is 9.59 Å². The SMILES string of the molecule is COc1cccc(C(C)CC(=O)N(CC(C)C(=O)O)C2CC2)c1. The summed E-state index contributed by atoms with van der Waals surface area (Å²) in [7, 11) is 1.62. The van der Waals surface area contributed by atoms with Gasteiger partial charge in [0.15, 0.2) is 0 Å². The van der Waals surface area contributed by atoms with Crippen molar-refractivity contribution >= 4 is 11.9 Å². The third-order valence-corrected chi connectivity index (χ3v) is 4.34. The predicted octanol–water partition coefficient (Wildman–Crippen LogP) is 2.90. The molecule has 1 N–H and O–H groups in total. The summed E-state index contributed by atoms with van der Waals surface area (Å²) >= 11 is 0. The van der Waals surface area contributed by atoms with E-state index in [4.69, 9.17) is 9.84 Å². The molecule has 0 aromatic heterocycles. The van der Waals surface area contributed by atoms with Crippen LogP contribution in [0.2, 0.25) is 0 Å². The number of rotatable bonds is 8. The van der Waals surface area contributed by atoms with Crippen molar-refractivity contribution in [1.29, 1.82) is 0 Å². The minimum absolute atomic E-state index is 0.0379. The lowest BCUT2D eigenvalue weighted by molar-refractivity contribution is -0.143. The molecule has 5 nitrogen and oxygen atoms in total. The van der Waals surface area contributed by atoms with Gasteiger partial charge in [0.05, 0.1) is 13.0 Å². The quantitative estimate of drug-likeness (QED) is 0.800. The van der Waals surface area contributed by atoms with Gasteiger partial charge < -0.3 is 14.7 Å². The lowest BCUT2D eigenvalue weighted by Gasteiger charge is -2.26. The Morgan fingerprint density at radius 1 is 1.35 bits per heavy atom. The zero-order chi connectivity index (χ0) is 17.0. The van der Waals surface area contributed by atoms with Crippen LogP contribution in [0, 0.1) is 5.92 Å². The van der Waals surface area contributed by atoms with E-state index < -0.39 is 11.9 Å². The maximum Gasteiger partial charge on any atom is 0.308 e. The standard InChI is InChI=1S/C18H25NO4/c1-12(14-5-4-6-16(10-14)23-3)9-17(20)19(15-7-8-15)11-13(2)18(21)22/h4-6,10,12-13,15H,7-9,11H2,1-3H3,(H,21,22). The topological polar surface area (TPSA) is 66.8 Å². The number of carboxylic acids is 1. The fraction of sp³-hybridized carbons (Fsp3) is 0.556. The molecule has 23 heavy (non-hydrogen) atoms. The Morgan fingerprint density at radius 3 is 2.61 bits per heavy atom. The van der Waals surface area contributed by atoms with E-state index >= 15 is 0 Å². The van der Waals surface area contributed by atoms with Crippen LogP contribution in [-0.4, -0.2) is 41.6 Å². The van der Waals surface area contributed by atoms with Crippen molar-refractivity contribution in [2.24, 2.45) is 5.92 Å². The molecule has 1 amide bonds. The van der Waals surface area contributed by atoms with E-state index in [1.807, 2.05) is 31.2 Å². The number of aliphatic carboxylic acids is 1. The molecule has 0 radical (unpaired) electrons. The van der Waals surface area contributed by atoms with E-state index in [1.165, 1.54) is 0 Å². The second kappa shape index (κ2) is 7.49. The van der Waals surface area contributed by atoms with E-state index in [2.05, 4.69) is 0 Å². The van der Waals surface area contributed by atoms with Crippen molar-refractivity contribution in [2.75, 3.05) is 13.7 Å². The van der Waals surface area contributed by atoms with Gasteiger partial charge in [-0.1, -0.05) is 26.0 Å². The minimum Gasteiger partial charge on any atom is -0.497 e. The highest BCUT2D eigenvalue weighted by atomic mass is 16.5. The first kappa shape index (κ1) is 17.3. The third-order valence-electron chi connectivity index (χ3n) is 4.34. The van der Waals surface area contributed by atoms with E-state index in [0.717, 1.165) is 24.2 Å². The second-order valence-corrected chi connectivity index (χ2v) is 6.40. The van der Waals surface area contributed by atoms with Gasteiger partial charge in [0, 0.05) is 19.0 Å². The highest BCUT2D eigenvalue weighted by Crippen LogP contribution is 2.30. The van der Waals surface area contributed by atoms with Crippen LogP contribution in [0.4, 0.5) is 0 Å². The van der Waals surface area contributed by atoms with Crippen molar-refractivity contribution in [2.45, 2.75) is 45.1 Å². The zero-order valence-corrected chi connectivity index (χ0v) is 14.0. The van der Waals surface area contributed by atoms with Crippen molar-refractivity contribution in [3.63, 3.8) is 0 Å².